The minimum Gasteiger partial charge on any atom is -0.312 e. The average molecular weight is 263 g/mol. The first-order chi connectivity index (χ1) is 8.86. The van der Waals surface area contributed by atoms with Crippen LogP contribution in [0.4, 0.5) is 0 Å². The van der Waals surface area contributed by atoms with Gasteiger partial charge in [0.2, 0.25) is 0 Å². The number of nitrogens with zero attached hydrogens (tertiary/aromatic N) is 2. The quantitative estimate of drug-likeness (QED) is 0.852. The van der Waals surface area contributed by atoms with Gasteiger partial charge in [0.15, 0.2) is 0 Å². The molecule has 0 radical (unpaired) electrons. The van der Waals surface area contributed by atoms with Crippen LogP contribution in [-0.4, -0.2) is 16.3 Å². The molecule has 1 saturated carbocycles. The fourth-order valence-corrected chi connectivity index (χ4v) is 2.98. The molecule has 0 aromatic carbocycles. The topological polar surface area (TPSA) is 29.9 Å². The van der Waals surface area contributed by atoms with Crippen molar-refractivity contribution in [2.75, 3.05) is 6.54 Å². The van der Waals surface area contributed by atoms with E-state index in [-0.39, 0.29) is 5.41 Å². The summed E-state index contributed by atoms with van der Waals surface area (Å²) in [4.78, 5) is 0. The molecule has 1 aromatic heterocycles. The molecule has 3 heteroatoms. The van der Waals surface area contributed by atoms with Crippen LogP contribution in [0.3, 0.4) is 0 Å². The van der Waals surface area contributed by atoms with Crippen LogP contribution in [0.5, 0.6) is 0 Å². The lowest BCUT2D eigenvalue weighted by molar-refractivity contribution is 0.419. The second kappa shape index (κ2) is 5.28. The Balaban J connectivity index is 1.93. The monoisotopic (exact) mass is 263 g/mol. The molecule has 3 nitrogen and oxygen atoms in total. The number of aromatic nitrogens is 2. The van der Waals surface area contributed by atoms with Gasteiger partial charge >= 0.3 is 0 Å². The Hall–Kier alpha value is -0.830. The maximum Gasteiger partial charge on any atom is 0.0722 e. The molecule has 0 atom stereocenters. The van der Waals surface area contributed by atoms with Crippen molar-refractivity contribution in [2.45, 2.75) is 65.3 Å². The van der Waals surface area contributed by atoms with Crippen molar-refractivity contribution in [3.8, 4) is 0 Å². The van der Waals surface area contributed by atoms with Crippen molar-refractivity contribution in [1.29, 1.82) is 0 Å². The van der Waals surface area contributed by atoms with E-state index in [0.29, 0.717) is 5.41 Å². The number of rotatable bonds is 6. The molecule has 108 valence electrons. The molecule has 1 aromatic rings. The Labute approximate surface area is 117 Å². The van der Waals surface area contributed by atoms with Gasteiger partial charge in [-0.25, -0.2) is 0 Å². The van der Waals surface area contributed by atoms with Gasteiger partial charge in [-0.2, -0.15) is 5.10 Å². The van der Waals surface area contributed by atoms with Crippen LogP contribution in [0.25, 0.3) is 0 Å². The van der Waals surface area contributed by atoms with Gasteiger partial charge in [-0.05, 0) is 24.7 Å². The second-order valence-corrected chi connectivity index (χ2v) is 7.28. The summed E-state index contributed by atoms with van der Waals surface area (Å²) in [6, 6.07) is 0. The Morgan fingerprint density at radius 3 is 2.58 bits per heavy atom. The van der Waals surface area contributed by atoms with Crippen LogP contribution in [0.1, 0.15) is 64.6 Å². The van der Waals surface area contributed by atoms with Gasteiger partial charge in [0.05, 0.1) is 5.69 Å². The van der Waals surface area contributed by atoms with E-state index < -0.39 is 0 Å². The van der Waals surface area contributed by atoms with Gasteiger partial charge in [0.25, 0.3) is 0 Å². The number of nitrogens with one attached hydrogen (secondary N) is 1. The van der Waals surface area contributed by atoms with Gasteiger partial charge in [-0.1, -0.05) is 34.1 Å². The van der Waals surface area contributed by atoms with Gasteiger partial charge in [-0.3, -0.25) is 4.68 Å². The van der Waals surface area contributed by atoms with E-state index in [4.69, 9.17) is 0 Å². The fourth-order valence-electron chi connectivity index (χ4n) is 2.98. The van der Waals surface area contributed by atoms with Gasteiger partial charge in [0.1, 0.15) is 0 Å². The van der Waals surface area contributed by atoms with Crippen LogP contribution in [0.15, 0.2) is 6.20 Å². The standard InChI is InChI=1S/C16H29N3/c1-6-7-16(8-9-16)12-17-10-13-11-19(5)18-14(13)15(2,3)4/h11,17H,6-10,12H2,1-5H3. The summed E-state index contributed by atoms with van der Waals surface area (Å²) in [5.74, 6) is 0. The van der Waals surface area contributed by atoms with E-state index in [1.165, 1.54) is 43.5 Å². The molecule has 0 spiro atoms. The van der Waals surface area contributed by atoms with Crippen molar-refractivity contribution >= 4 is 0 Å². The SMILES string of the molecule is CCCC1(CNCc2cn(C)nc2C(C)(C)C)CC1. The lowest BCUT2D eigenvalue weighted by atomic mass is 9.89. The Morgan fingerprint density at radius 1 is 1.37 bits per heavy atom. The van der Waals surface area contributed by atoms with Crippen molar-refractivity contribution in [3.05, 3.63) is 17.5 Å². The summed E-state index contributed by atoms with van der Waals surface area (Å²) in [5.41, 5.74) is 3.32. The van der Waals surface area contributed by atoms with Crippen LogP contribution < -0.4 is 5.32 Å². The highest BCUT2D eigenvalue weighted by Crippen LogP contribution is 2.48. The number of hydrogen-bond acceptors (Lipinski definition) is 2. The Morgan fingerprint density at radius 2 is 2.05 bits per heavy atom. The maximum atomic E-state index is 4.63. The first-order valence-corrected chi connectivity index (χ1v) is 7.60. The van der Waals surface area contributed by atoms with Crippen LogP contribution in [-0.2, 0) is 19.0 Å². The van der Waals surface area contributed by atoms with Gasteiger partial charge in [-0.15, -0.1) is 0 Å². The molecule has 0 amide bonds. The van der Waals surface area contributed by atoms with Crippen molar-refractivity contribution < 1.29 is 0 Å². The maximum absolute atomic E-state index is 4.63. The van der Waals surface area contributed by atoms with E-state index in [1.54, 1.807) is 0 Å². The molecule has 1 aliphatic rings. The number of hydrogen-bond donors (Lipinski definition) is 1. The van der Waals surface area contributed by atoms with Crippen LogP contribution >= 0.6 is 0 Å². The third-order valence-corrected chi connectivity index (χ3v) is 4.17. The van der Waals surface area contributed by atoms with Gasteiger partial charge in [0, 0.05) is 37.3 Å². The average Bonchev–Trinajstić information content (AvgIpc) is 2.93. The third-order valence-electron chi connectivity index (χ3n) is 4.17. The molecule has 0 bridgehead atoms. The zero-order valence-electron chi connectivity index (χ0n) is 13.2. The highest BCUT2D eigenvalue weighted by molar-refractivity contribution is 5.23. The Kier molecular flexibility index (Phi) is 4.05. The smallest absolute Gasteiger partial charge is 0.0722 e. The largest absolute Gasteiger partial charge is 0.312 e. The first kappa shape index (κ1) is 14.6. The van der Waals surface area contributed by atoms with Crippen molar-refractivity contribution in [2.24, 2.45) is 12.5 Å². The van der Waals surface area contributed by atoms with E-state index >= 15 is 0 Å². The highest BCUT2D eigenvalue weighted by Gasteiger charge is 2.40. The molecule has 0 saturated heterocycles. The summed E-state index contributed by atoms with van der Waals surface area (Å²) in [7, 11) is 2.01. The lowest BCUT2D eigenvalue weighted by Gasteiger charge is -2.19. The fraction of sp³-hybridized carbons (Fsp3) is 0.812. The van der Waals surface area contributed by atoms with E-state index in [9.17, 15) is 0 Å². The molecule has 1 N–H and O–H groups in total. The summed E-state index contributed by atoms with van der Waals surface area (Å²) in [6.07, 6.45) is 7.66. The molecule has 1 heterocycles. The zero-order valence-corrected chi connectivity index (χ0v) is 13.2. The molecular weight excluding hydrogens is 234 g/mol. The molecular formula is C16H29N3. The van der Waals surface area contributed by atoms with Crippen molar-refractivity contribution in [1.82, 2.24) is 15.1 Å². The lowest BCUT2D eigenvalue weighted by Crippen LogP contribution is -2.25. The predicted molar refractivity (Wildman–Crippen MR) is 80.2 cm³/mol. The predicted octanol–water partition coefficient (Wildman–Crippen LogP) is 3.39. The molecule has 2 rings (SSSR count). The normalized spacial score (nSPS) is 17.7. The first-order valence-electron chi connectivity index (χ1n) is 7.60. The van der Waals surface area contributed by atoms with Gasteiger partial charge < -0.3 is 5.32 Å². The van der Waals surface area contributed by atoms with E-state index in [2.05, 4.69) is 44.3 Å². The second-order valence-electron chi connectivity index (χ2n) is 7.28. The van der Waals surface area contributed by atoms with Crippen LogP contribution in [0, 0.1) is 5.41 Å². The summed E-state index contributed by atoms with van der Waals surface area (Å²) in [5, 5.41) is 8.29. The molecule has 1 fully saturated rings. The third kappa shape index (κ3) is 3.59. The Bertz CT molecular complexity index is 422. The van der Waals surface area contributed by atoms with Crippen molar-refractivity contribution in [3.63, 3.8) is 0 Å². The minimum absolute atomic E-state index is 0.124. The van der Waals surface area contributed by atoms with Crippen LogP contribution in [0.2, 0.25) is 0 Å². The zero-order chi connectivity index (χ0) is 14.1. The highest BCUT2D eigenvalue weighted by atomic mass is 15.3. The summed E-state index contributed by atoms with van der Waals surface area (Å²) < 4.78 is 1.94. The summed E-state index contributed by atoms with van der Waals surface area (Å²) >= 11 is 0. The molecule has 0 unspecified atom stereocenters. The van der Waals surface area contributed by atoms with E-state index in [0.717, 1.165) is 6.54 Å². The number of aryl methyl sites for hydroxylation is 1. The molecule has 0 aliphatic heterocycles. The molecule has 1 aliphatic carbocycles. The minimum atomic E-state index is 0.124. The molecule has 19 heavy (non-hydrogen) atoms. The summed E-state index contributed by atoms with van der Waals surface area (Å²) in [6.45, 7) is 11.1. The van der Waals surface area contributed by atoms with E-state index in [1.807, 2.05) is 11.7 Å².